The van der Waals surface area contributed by atoms with E-state index in [1.165, 1.54) is 6.07 Å². The molecule has 1 aromatic carbocycles. The number of amides is 1. The highest BCUT2D eigenvalue weighted by molar-refractivity contribution is 5.82. The third-order valence-corrected chi connectivity index (χ3v) is 3.76. The minimum absolute atomic E-state index is 0.0401. The van der Waals surface area contributed by atoms with Gasteiger partial charge < -0.3 is 11.1 Å². The summed E-state index contributed by atoms with van der Waals surface area (Å²) in [5, 5.41) is 2.99. The number of benzene rings is 1. The average molecular weight is 264 g/mol. The molecule has 1 aliphatic carbocycles. The second-order valence-corrected chi connectivity index (χ2v) is 5.57. The fourth-order valence-electron chi connectivity index (χ4n) is 2.50. The maximum absolute atomic E-state index is 13.2. The van der Waals surface area contributed by atoms with Crippen LogP contribution in [-0.4, -0.2) is 11.9 Å². The fraction of sp³-hybridized carbons (Fsp3) is 0.533. The summed E-state index contributed by atoms with van der Waals surface area (Å²) in [6, 6.07) is 4.25. The van der Waals surface area contributed by atoms with Gasteiger partial charge in [-0.25, -0.2) is 4.39 Å². The van der Waals surface area contributed by atoms with Gasteiger partial charge in [0.05, 0.1) is 12.1 Å². The Morgan fingerprint density at radius 1 is 1.47 bits per heavy atom. The molecule has 104 valence electrons. The van der Waals surface area contributed by atoms with E-state index in [9.17, 15) is 9.18 Å². The topological polar surface area (TPSA) is 55.1 Å². The molecule has 2 rings (SSSR count). The second-order valence-electron chi connectivity index (χ2n) is 5.57. The second kappa shape index (κ2) is 5.70. The Bertz CT molecular complexity index is 473. The number of nitrogens with two attached hydrogens (primary N) is 1. The van der Waals surface area contributed by atoms with Crippen LogP contribution in [0.1, 0.15) is 43.9 Å². The highest BCUT2D eigenvalue weighted by Crippen LogP contribution is 2.30. The lowest BCUT2D eigenvalue weighted by atomic mass is 9.87. The van der Waals surface area contributed by atoms with E-state index >= 15 is 0 Å². The smallest absolute Gasteiger partial charge is 0.237 e. The number of carbonyl (C=O) groups is 1. The Morgan fingerprint density at radius 3 is 2.89 bits per heavy atom. The van der Waals surface area contributed by atoms with Crippen molar-refractivity contribution in [3.63, 3.8) is 0 Å². The summed E-state index contributed by atoms with van der Waals surface area (Å²) in [6.45, 7) is 3.85. The quantitative estimate of drug-likeness (QED) is 0.880. The van der Waals surface area contributed by atoms with Gasteiger partial charge in [-0.1, -0.05) is 19.9 Å². The lowest BCUT2D eigenvalue weighted by Gasteiger charge is -2.28. The lowest BCUT2D eigenvalue weighted by molar-refractivity contribution is -0.124. The summed E-state index contributed by atoms with van der Waals surface area (Å²) in [5.41, 5.74) is 7.87. The van der Waals surface area contributed by atoms with Gasteiger partial charge in [-0.3, -0.25) is 4.79 Å². The van der Waals surface area contributed by atoms with Gasteiger partial charge >= 0.3 is 0 Å². The predicted molar refractivity (Wildman–Crippen MR) is 73.0 cm³/mol. The van der Waals surface area contributed by atoms with Crippen molar-refractivity contribution in [1.29, 1.82) is 0 Å². The van der Waals surface area contributed by atoms with Gasteiger partial charge in [0, 0.05) is 0 Å². The van der Waals surface area contributed by atoms with Crippen molar-refractivity contribution in [1.82, 2.24) is 5.32 Å². The van der Waals surface area contributed by atoms with E-state index in [1.807, 2.05) is 13.8 Å². The Labute approximate surface area is 113 Å². The van der Waals surface area contributed by atoms with Crippen LogP contribution >= 0.6 is 0 Å². The van der Waals surface area contributed by atoms with Gasteiger partial charge in [0.15, 0.2) is 0 Å². The first kappa shape index (κ1) is 14.0. The number of nitrogens with one attached hydrogen (secondary N) is 1. The number of halogens is 1. The van der Waals surface area contributed by atoms with Gasteiger partial charge in [-0.05, 0) is 48.4 Å². The molecule has 2 atom stereocenters. The van der Waals surface area contributed by atoms with E-state index in [0.717, 1.165) is 30.4 Å². The molecular weight excluding hydrogens is 243 g/mol. The van der Waals surface area contributed by atoms with E-state index < -0.39 is 6.04 Å². The van der Waals surface area contributed by atoms with Crippen molar-refractivity contribution < 1.29 is 9.18 Å². The van der Waals surface area contributed by atoms with Gasteiger partial charge in [0.2, 0.25) is 5.91 Å². The van der Waals surface area contributed by atoms with Crippen LogP contribution in [0.3, 0.4) is 0 Å². The van der Waals surface area contributed by atoms with Crippen LogP contribution in [0.5, 0.6) is 0 Å². The van der Waals surface area contributed by atoms with Crippen LogP contribution in [0.4, 0.5) is 4.39 Å². The van der Waals surface area contributed by atoms with Crippen molar-refractivity contribution >= 4 is 5.91 Å². The van der Waals surface area contributed by atoms with Crippen LogP contribution in [0.2, 0.25) is 0 Å². The maximum atomic E-state index is 13.2. The highest BCUT2D eigenvalue weighted by atomic mass is 19.1. The number of fused-ring (bicyclic) bond motifs is 1. The molecule has 3 N–H and O–H groups in total. The molecule has 3 nitrogen and oxygen atoms in total. The van der Waals surface area contributed by atoms with Gasteiger partial charge in [0.25, 0.3) is 0 Å². The van der Waals surface area contributed by atoms with Gasteiger partial charge in [-0.15, -0.1) is 0 Å². The zero-order chi connectivity index (χ0) is 14.0. The molecule has 0 saturated heterocycles. The van der Waals surface area contributed by atoms with Crippen molar-refractivity contribution in [3.05, 3.63) is 35.1 Å². The lowest BCUT2D eigenvalue weighted by Crippen LogP contribution is -2.45. The van der Waals surface area contributed by atoms with Crippen LogP contribution < -0.4 is 11.1 Å². The molecule has 1 unspecified atom stereocenters. The molecule has 0 aromatic heterocycles. The van der Waals surface area contributed by atoms with Gasteiger partial charge in [-0.2, -0.15) is 0 Å². The fourth-order valence-corrected chi connectivity index (χ4v) is 2.50. The Balaban J connectivity index is 2.14. The first-order valence-electron chi connectivity index (χ1n) is 6.83. The van der Waals surface area contributed by atoms with E-state index in [4.69, 9.17) is 5.73 Å². The molecule has 19 heavy (non-hydrogen) atoms. The summed E-state index contributed by atoms with van der Waals surface area (Å²) in [4.78, 5) is 12.0. The third-order valence-electron chi connectivity index (χ3n) is 3.76. The third kappa shape index (κ3) is 3.13. The number of hydrogen-bond donors (Lipinski definition) is 2. The van der Waals surface area contributed by atoms with Crippen molar-refractivity contribution in [2.45, 2.75) is 45.2 Å². The number of hydrogen-bond acceptors (Lipinski definition) is 2. The number of carbonyl (C=O) groups excluding carboxylic acids is 1. The minimum atomic E-state index is -0.495. The Hall–Kier alpha value is -1.42. The minimum Gasteiger partial charge on any atom is -0.348 e. The first-order chi connectivity index (χ1) is 8.99. The summed E-state index contributed by atoms with van der Waals surface area (Å²) < 4.78 is 13.2. The Kier molecular flexibility index (Phi) is 4.20. The predicted octanol–water partition coefficient (Wildman–Crippen LogP) is 2.30. The molecule has 0 aliphatic heterocycles. The average Bonchev–Trinajstić information content (AvgIpc) is 2.37. The van der Waals surface area contributed by atoms with Crippen LogP contribution in [-0.2, 0) is 11.2 Å². The van der Waals surface area contributed by atoms with E-state index in [-0.39, 0.29) is 23.7 Å². The molecule has 1 aromatic rings. The van der Waals surface area contributed by atoms with Crippen LogP contribution in [0.15, 0.2) is 18.2 Å². The standard InChI is InChI=1S/C15H21FN2O/c1-9(2)14(17)15(19)18-13-5-3-4-10-8-11(16)6-7-12(10)13/h6-9,13-14H,3-5,17H2,1-2H3,(H,18,19)/t13?,14-/m0/s1. The summed E-state index contributed by atoms with van der Waals surface area (Å²) in [7, 11) is 0. The van der Waals surface area contributed by atoms with Gasteiger partial charge in [0.1, 0.15) is 5.82 Å². The summed E-state index contributed by atoms with van der Waals surface area (Å²) in [5.74, 6) is -0.238. The SMILES string of the molecule is CC(C)[C@H](N)C(=O)NC1CCCc2cc(F)ccc21. The first-order valence-corrected chi connectivity index (χ1v) is 6.83. The largest absolute Gasteiger partial charge is 0.348 e. The zero-order valence-electron chi connectivity index (χ0n) is 11.4. The molecule has 0 bridgehead atoms. The highest BCUT2D eigenvalue weighted by Gasteiger charge is 2.25. The van der Waals surface area contributed by atoms with Crippen LogP contribution in [0.25, 0.3) is 0 Å². The number of rotatable bonds is 3. The number of aryl methyl sites for hydroxylation is 1. The van der Waals surface area contributed by atoms with Crippen molar-refractivity contribution in [2.75, 3.05) is 0 Å². The monoisotopic (exact) mass is 264 g/mol. The maximum Gasteiger partial charge on any atom is 0.237 e. The van der Waals surface area contributed by atoms with E-state index in [1.54, 1.807) is 12.1 Å². The normalized spacial score (nSPS) is 19.9. The molecular formula is C15H21FN2O. The van der Waals surface area contributed by atoms with Crippen LogP contribution in [0, 0.1) is 11.7 Å². The summed E-state index contributed by atoms with van der Waals surface area (Å²) >= 11 is 0. The summed E-state index contributed by atoms with van der Waals surface area (Å²) in [6.07, 6.45) is 2.71. The molecule has 0 spiro atoms. The Morgan fingerprint density at radius 2 is 2.21 bits per heavy atom. The van der Waals surface area contributed by atoms with E-state index in [0.29, 0.717) is 0 Å². The molecule has 0 saturated carbocycles. The molecule has 0 heterocycles. The molecule has 4 heteroatoms. The molecule has 0 radical (unpaired) electrons. The van der Waals surface area contributed by atoms with Crippen molar-refractivity contribution in [3.8, 4) is 0 Å². The van der Waals surface area contributed by atoms with E-state index in [2.05, 4.69) is 5.32 Å². The zero-order valence-corrected chi connectivity index (χ0v) is 11.4. The molecule has 0 fully saturated rings. The molecule has 1 aliphatic rings. The van der Waals surface area contributed by atoms with Crippen molar-refractivity contribution in [2.24, 2.45) is 11.7 Å². The molecule has 1 amide bonds.